The second kappa shape index (κ2) is 7.03. The molecule has 1 amide bonds. The van der Waals surface area contributed by atoms with Crippen LogP contribution in [-0.2, 0) is 4.79 Å². The van der Waals surface area contributed by atoms with Crippen molar-refractivity contribution in [2.45, 2.75) is 39.3 Å². The van der Waals surface area contributed by atoms with Crippen LogP contribution < -0.4 is 10.6 Å². The monoisotopic (exact) mass is 291 g/mol. The predicted molar refractivity (Wildman–Crippen MR) is 78.9 cm³/mol. The Hall–Kier alpha value is -2.15. The first-order chi connectivity index (χ1) is 10.1. The van der Waals surface area contributed by atoms with Gasteiger partial charge in [-0.2, -0.15) is 5.10 Å². The maximum Gasteiger partial charge on any atom is 0.226 e. The predicted octanol–water partition coefficient (Wildman–Crippen LogP) is 1.75. The van der Waals surface area contributed by atoms with Gasteiger partial charge in [0, 0.05) is 37.5 Å². The summed E-state index contributed by atoms with van der Waals surface area (Å²) >= 11 is 0. The van der Waals surface area contributed by atoms with E-state index in [0.717, 1.165) is 0 Å². The summed E-state index contributed by atoms with van der Waals surface area (Å²) in [5.74, 6) is 1.04. The summed E-state index contributed by atoms with van der Waals surface area (Å²) < 4.78 is 6.79. The van der Waals surface area contributed by atoms with Crippen LogP contribution >= 0.6 is 0 Å². The lowest BCUT2D eigenvalue weighted by Gasteiger charge is -2.21. The number of carbonyl (C=O) groups is 1. The normalized spacial score (nSPS) is 13.9. The number of rotatable bonds is 7. The van der Waals surface area contributed by atoms with Crippen molar-refractivity contribution in [2.24, 2.45) is 0 Å². The highest BCUT2D eigenvalue weighted by Crippen LogP contribution is 2.09. The molecule has 0 unspecified atom stereocenters. The number of aromatic nitrogens is 3. The smallest absolute Gasteiger partial charge is 0.226 e. The van der Waals surface area contributed by atoms with E-state index in [-0.39, 0.29) is 18.0 Å². The van der Waals surface area contributed by atoms with Crippen molar-refractivity contribution in [1.82, 2.24) is 20.3 Å². The lowest BCUT2D eigenvalue weighted by atomic mass is 10.1. The summed E-state index contributed by atoms with van der Waals surface area (Å²) in [6, 6.07) is 4.03. The molecule has 0 aliphatic heterocycles. The third kappa shape index (κ3) is 4.42. The molecule has 7 heteroatoms. The van der Waals surface area contributed by atoms with Crippen LogP contribution in [-0.4, -0.2) is 33.4 Å². The zero-order valence-corrected chi connectivity index (χ0v) is 12.5. The van der Waals surface area contributed by atoms with E-state index in [0.29, 0.717) is 24.5 Å². The Labute approximate surface area is 123 Å². The van der Waals surface area contributed by atoms with Gasteiger partial charge < -0.3 is 15.2 Å². The van der Waals surface area contributed by atoms with Gasteiger partial charge in [0.1, 0.15) is 5.76 Å². The second-order valence-electron chi connectivity index (χ2n) is 5.09. The minimum Gasteiger partial charge on any atom is -0.360 e. The largest absolute Gasteiger partial charge is 0.360 e. The van der Waals surface area contributed by atoms with E-state index >= 15 is 0 Å². The van der Waals surface area contributed by atoms with Gasteiger partial charge in [-0.3, -0.25) is 9.48 Å². The van der Waals surface area contributed by atoms with Gasteiger partial charge in [0.15, 0.2) is 5.82 Å². The molecule has 0 spiro atoms. The first-order valence-electron chi connectivity index (χ1n) is 7.02. The topological polar surface area (TPSA) is 85.0 Å². The van der Waals surface area contributed by atoms with Crippen LogP contribution in [0.2, 0.25) is 0 Å². The van der Waals surface area contributed by atoms with Crippen LogP contribution in [0.15, 0.2) is 29.0 Å². The number of nitrogens with one attached hydrogen (secondary N) is 2. The highest BCUT2D eigenvalue weighted by Gasteiger charge is 2.14. The Bertz CT molecular complexity index is 564. The molecule has 0 aliphatic carbocycles. The molecule has 114 valence electrons. The van der Waals surface area contributed by atoms with Crippen molar-refractivity contribution in [3.63, 3.8) is 0 Å². The summed E-state index contributed by atoms with van der Waals surface area (Å²) in [6.45, 7) is 6.53. The Morgan fingerprint density at radius 3 is 2.90 bits per heavy atom. The minimum atomic E-state index is -0.0882. The summed E-state index contributed by atoms with van der Waals surface area (Å²) in [5.41, 5.74) is 0. The molecule has 2 atom stereocenters. The van der Waals surface area contributed by atoms with Crippen molar-refractivity contribution < 1.29 is 9.32 Å². The van der Waals surface area contributed by atoms with E-state index in [1.165, 1.54) is 0 Å². The number of nitrogens with zero attached hydrogens (tertiary/aromatic N) is 3. The van der Waals surface area contributed by atoms with Gasteiger partial charge in [-0.15, -0.1) is 0 Å². The van der Waals surface area contributed by atoms with Crippen molar-refractivity contribution in [3.05, 3.63) is 30.3 Å². The van der Waals surface area contributed by atoms with E-state index in [1.807, 2.05) is 16.9 Å². The first kappa shape index (κ1) is 15.2. The Balaban J connectivity index is 1.70. The standard InChI is InChI=1S/C14H21N5O2/c1-10-9-13(18-21-10)17-14(20)5-7-15-11(2)12(3)19-8-4-6-16-19/h4,6,8-9,11-12,15H,5,7H2,1-3H3,(H,17,18,20)/t11-,12+/m0/s1. The molecule has 2 heterocycles. The number of hydrogen-bond acceptors (Lipinski definition) is 5. The lowest BCUT2D eigenvalue weighted by Crippen LogP contribution is -2.35. The number of amides is 1. The van der Waals surface area contributed by atoms with Gasteiger partial charge in [-0.05, 0) is 26.8 Å². The van der Waals surface area contributed by atoms with Gasteiger partial charge in [-0.1, -0.05) is 5.16 Å². The molecule has 0 bridgehead atoms. The van der Waals surface area contributed by atoms with Crippen LogP contribution in [0.3, 0.4) is 0 Å². The fourth-order valence-corrected chi connectivity index (χ4v) is 1.97. The lowest BCUT2D eigenvalue weighted by molar-refractivity contribution is -0.116. The summed E-state index contributed by atoms with van der Waals surface area (Å²) in [7, 11) is 0. The average Bonchev–Trinajstić information content (AvgIpc) is 3.09. The van der Waals surface area contributed by atoms with Gasteiger partial charge in [0.25, 0.3) is 0 Å². The molecule has 0 aromatic carbocycles. The molecule has 0 aliphatic rings. The molecule has 2 aromatic rings. The molecule has 0 saturated carbocycles. The Morgan fingerprint density at radius 2 is 2.29 bits per heavy atom. The zero-order chi connectivity index (χ0) is 15.2. The third-order valence-electron chi connectivity index (χ3n) is 3.38. The minimum absolute atomic E-state index is 0.0882. The fourth-order valence-electron chi connectivity index (χ4n) is 1.97. The zero-order valence-electron chi connectivity index (χ0n) is 12.5. The summed E-state index contributed by atoms with van der Waals surface area (Å²) in [4.78, 5) is 11.8. The summed E-state index contributed by atoms with van der Waals surface area (Å²) in [5, 5.41) is 14.0. The highest BCUT2D eigenvalue weighted by atomic mass is 16.5. The first-order valence-corrected chi connectivity index (χ1v) is 7.02. The average molecular weight is 291 g/mol. The maximum absolute atomic E-state index is 11.8. The highest BCUT2D eigenvalue weighted by molar-refractivity contribution is 5.89. The molecular weight excluding hydrogens is 270 g/mol. The molecule has 0 radical (unpaired) electrons. The van der Waals surface area contributed by atoms with Gasteiger partial charge in [0.2, 0.25) is 5.91 Å². The van der Waals surface area contributed by atoms with E-state index < -0.39 is 0 Å². The van der Waals surface area contributed by atoms with E-state index in [1.54, 1.807) is 19.2 Å². The third-order valence-corrected chi connectivity index (χ3v) is 3.38. The molecule has 2 rings (SSSR count). The van der Waals surface area contributed by atoms with Gasteiger partial charge in [0.05, 0.1) is 6.04 Å². The molecule has 2 N–H and O–H groups in total. The molecule has 0 fully saturated rings. The van der Waals surface area contributed by atoms with Crippen LogP contribution in [0.1, 0.15) is 32.1 Å². The quantitative estimate of drug-likeness (QED) is 0.811. The molecule has 7 nitrogen and oxygen atoms in total. The van der Waals surface area contributed by atoms with E-state index in [9.17, 15) is 4.79 Å². The van der Waals surface area contributed by atoms with Crippen LogP contribution in [0.4, 0.5) is 5.82 Å². The van der Waals surface area contributed by atoms with Crippen molar-refractivity contribution in [2.75, 3.05) is 11.9 Å². The molecule has 21 heavy (non-hydrogen) atoms. The molecule has 0 saturated heterocycles. The van der Waals surface area contributed by atoms with Crippen molar-refractivity contribution in [1.29, 1.82) is 0 Å². The van der Waals surface area contributed by atoms with E-state index in [2.05, 4.69) is 34.7 Å². The van der Waals surface area contributed by atoms with Crippen LogP contribution in [0.25, 0.3) is 0 Å². The fraction of sp³-hybridized carbons (Fsp3) is 0.500. The van der Waals surface area contributed by atoms with Gasteiger partial charge >= 0.3 is 0 Å². The second-order valence-corrected chi connectivity index (χ2v) is 5.09. The maximum atomic E-state index is 11.8. The van der Waals surface area contributed by atoms with Gasteiger partial charge in [-0.25, -0.2) is 0 Å². The van der Waals surface area contributed by atoms with Crippen molar-refractivity contribution in [3.8, 4) is 0 Å². The summed E-state index contributed by atoms with van der Waals surface area (Å²) in [6.07, 6.45) is 4.07. The Morgan fingerprint density at radius 1 is 1.48 bits per heavy atom. The SMILES string of the molecule is Cc1cc(NC(=O)CCN[C@@H](C)[C@@H](C)n2cccn2)no1. The van der Waals surface area contributed by atoms with Crippen molar-refractivity contribution >= 4 is 11.7 Å². The Kier molecular flexibility index (Phi) is 5.10. The number of anilines is 1. The van der Waals surface area contributed by atoms with E-state index in [4.69, 9.17) is 4.52 Å². The van der Waals surface area contributed by atoms with Crippen LogP contribution in [0, 0.1) is 6.92 Å². The number of carbonyl (C=O) groups excluding carboxylic acids is 1. The molecule has 2 aromatic heterocycles. The van der Waals surface area contributed by atoms with Crippen LogP contribution in [0.5, 0.6) is 0 Å². The number of aryl methyl sites for hydroxylation is 1. The molecular formula is C14H21N5O2. The number of hydrogen-bond donors (Lipinski definition) is 2.